The normalized spacial score (nSPS) is 19.8. The molecule has 9 heteroatoms. The first-order valence-corrected chi connectivity index (χ1v) is 9.13. The molecule has 4 rings (SSSR count). The van der Waals surface area contributed by atoms with Crippen molar-refractivity contribution >= 4 is 17.6 Å². The van der Waals surface area contributed by atoms with Gasteiger partial charge >= 0.3 is 6.03 Å². The van der Waals surface area contributed by atoms with Crippen molar-refractivity contribution in [2.75, 3.05) is 25.5 Å². The van der Waals surface area contributed by atoms with E-state index in [2.05, 4.69) is 10.4 Å². The van der Waals surface area contributed by atoms with E-state index in [1.165, 1.54) is 18.2 Å². The fourth-order valence-corrected chi connectivity index (χ4v) is 3.75. The molecule has 148 valence electrons. The lowest BCUT2D eigenvalue weighted by Gasteiger charge is -2.25. The van der Waals surface area contributed by atoms with E-state index in [-0.39, 0.29) is 25.5 Å². The average molecular weight is 389 g/mol. The molecular formula is C19H21F2N5O2. The highest BCUT2D eigenvalue weighted by Crippen LogP contribution is 2.26. The number of amides is 3. The molecule has 1 N–H and O–H groups in total. The maximum Gasteiger partial charge on any atom is 0.328 e. The topological polar surface area (TPSA) is 70.5 Å². The minimum absolute atomic E-state index is 0.0982. The number of nitrogens with zero attached hydrogens (tertiary/aromatic N) is 4. The van der Waals surface area contributed by atoms with Crippen LogP contribution in [0.4, 0.5) is 19.3 Å². The van der Waals surface area contributed by atoms with Crippen molar-refractivity contribution in [2.45, 2.75) is 32.6 Å². The van der Waals surface area contributed by atoms with E-state index < -0.39 is 18.1 Å². The van der Waals surface area contributed by atoms with Crippen molar-refractivity contribution in [3.8, 4) is 0 Å². The Morgan fingerprint density at radius 3 is 2.86 bits per heavy atom. The number of carbonyl (C=O) groups is 2. The predicted octanol–water partition coefficient (Wildman–Crippen LogP) is 2.34. The average Bonchev–Trinajstić information content (AvgIpc) is 2.88. The third-order valence-electron chi connectivity index (χ3n) is 5.12. The number of halogens is 2. The van der Waals surface area contributed by atoms with E-state index in [0.29, 0.717) is 41.2 Å². The SMILES string of the molecule is Cc1cc(NC(=O)N2CCc3nn4c(c3C2=O)CN(C)CC(F)C4)ccc1F. The number of rotatable bonds is 1. The van der Waals surface area contributed by atoms with Gasteiger partial charge in [0.25, 0.3) is 5.91 Å². The first-order chi connectivity index (χ1) is 13.3. The molecule has 7 nitrogen and oxygen atoms in total. The molecule has 28 heavy (non-hydrogen) atoms. The molecule has 1 aromatic heterocycles. The standard InChI is InChI=1S/C19H21F2N5O2/c1-11-7-13(3-4-14(11)21)22-19(28)25-6-5-15-17(18(25)27)16-10-24(2)8-12(20)9-26(16)23-15/h3-4,7,12H,5-6,8-10H2,1-2H3,(H,22,28). The zero-order valence-corrected chi connectivity index (χ0v) is 15.7. The van der Waals surface area contributed by atoms with Gasteiger partial charge in [0.1, 0.15) is 12.0 Å². The second-order valence-corrected chi connectivity index (χ2v) is 7.35. The van der Waals surface area contributed by atoms with Gasteiger partial charge in [-0.25, -0.2) is 13.6 Å². The number of nitrogens with one attached hydrogen (secondary N) is 1. The summed E-state index contributed by atoms with van der Waals surface area (Å²) in [6, 6.07) is 3.65. The number of alkyl halides is 1. The zero-order chi connectivity index (χ0) is 20.0. The fraction of sp³-hybridized carbons (Fsp3) is 0.421. The monoisotopic (exact) mass is 389 g/mol. The maximum atomic E-state index is 14.1. The van der Waals surface area contributed by atoms with Gasteiger partial charge in [0.2, 0.25) is 0 Å². The minimum atomic E-state index is -1.07. The van der Waals surface area contributed by atoms with Crippen LogP contribution in [0, 0.1) is 12.7 Å². The number of aromatic nitrogens is 2. The third-order valence-corrected chi connectivity index (χ3v) is 5.12. The molecule has 1 atom stereocenters. The van der Waals surface area contributed by atoms with Crippen LogP contribution in [0.25, 0.3) is 0 Å². The zero-order valence-electron chi connectivity index (χ0n) is 15.7. The summed E-state index contributed by atoms with van der Waals surface area (Å²) in [5, 5.41) is 7.06. The summed E-state index contributed by atoms with van der Waals surface area (Å²) in [7, 11) is 1.79. The van der Waals surface area contributed by atoms with Crippen LogP contribution < -0.4 is 5.32 Å². The smallest absolute Gasteiger partial charge is 0.307 e. The summed E-state index contributed by atoms with van der Waals surface area (Å²) in [5.41, 5.74) is 2.44. The van der Waals surface area contributed by atoms with Crippen LogP contribution >= 0.6 is 0 Å². The Balaban J connectivity index is 1.59. The van der Waals surface area contributed by atoms with Gasteiger partial charge in [-0.3, -0.25) is 19.3 Å². The van der Waals surface area contributed by atoms with Crippen molar-refractivity contribution in [1.29, 1.82) is 0 Å². The summed E-state index contributed by atoms with van der Waals surface area (Å²) in [6.07, 6.45) is -0.652. The van der Waals surface area contributed by atoms with Crippen LogP contribution in [0.5, 0.6) is 0 Å². The molecule has 2 aromatic rings. The van der Waals surface area contributed by atoms with Crippen LogP contribution in [-0.2, 0) is 19.5 Å². The fourth-order valence-electron chi connectivity index (χ4n) is 3.75. The van der Waals surface area contributed by atoms with Gasteiger partial charge in [-0.2, -0.15) is 5.10 Å². The third kappa shape index (κ3) is 3.26. The number of aryl methyl sites for hydroxylation is 1. The van der Waals surface area contributed by atoms with Gasteiger partial charge in [-0.05, 0) is 37.7 Å². The van der Waals surface area contributed by atoms with Gasteiger partial charge in [0, 0.05) is 31.7 Å². The first-order valence-electron chi connectivity index (χ1n) is 9.13. The number of hydrogen-bond acceptors (Lipinski definition) is 4. The largest absolute Gasteiger partial charge is 0.328 e. The van der Waals surface area contributed by atoms with E-state index in [1.54, 1.807) is 23.6 Å². The Morgan fingerprint density at radius 1 is 1.32 bits per heavy atom. The Kier molecular flexibility index (Phi) is 4.62. The lowest BCUT2D eigenvalue weighted by molar-refractivity contribution is 0.0796. The summed E-state index contributed by atoms with van der Waals surface area (Å²) in [4.78, 5) is 28.6. The molecule has 0 saturated heterocycles. The number of anilines is 1. The summed E-state index contributed by atoms with van der Waals surface area (Å²) in [6.45, 7) is 2.53. The van der Waals surface area contributed by atoms with Gasteiger partial charge < -0.3 is 5.32 Å². The number of imide groups is 1. The first kappa shape index (κ1) is 18.5. The van der Waals surface area contributed by atoms with Crippen molar-refractivity contribution in [3.05, 3.63) is 46.5 Å². The molecule has 0 bridgehead atoms. The molecular weight excluding hydrogens is 368 g/mol. The number of carbonyl (C=O) groups excluding carboxylic acids is 2. The Hall–Kier alpha value is -2.81. The van der Waals surface area contributed by atoms with Gasteiger partial charge in [-0.15, -0.1) is 0 Å². The highest BCUT2D eigenvalue weighted by atomic mass is 19.1. The highest BCUT2D eigenvalue weighted by Gasteiger charge is 2.36. The molecule has 2 aliphatic heterocycles. The highest BCUT2D eigenvalue weighted by molar-refractivity contribution is 6.09. The van der Waals surface area contributed by atoms with Crippen LogP contribution in [0.15, 0.2) is 18.2 Å². The molecule has 0 fully saturated rings. The number of hydrogen-bond donors (Lipinski definition) is 1. The van der Waals surface area contributed by atoms with Crippen molar-refractivity contribution in [3.63, 3.8) is 0 Å². The van der Waals surface area contributed by atoms with Crippen molar-refractivity contribution < 1.29 is 18.4 Å². The number of fused-ring (bicyclic) bond motifs is 3. The summed E-state index contributed by atoms with van der Waals surface area (Å²) >= 11 is 0. The number of benzene rings is 1. The summed E-state index contributed by atoms with van der Waals surface area (Å²) in [5.74, 6) is -0.806. The van der Waals surface area contributed by atoms with Gasteiger partial charge in [0.05, 0.1) is 23.5 Å². The maximum absolute atomic E-state index is 14.1. The van der Waals surface area contributed by atoms with Crippen LogP contribution in [0.2, 0.25) is 0 Å². The molecule has 0 saturated carbocycles. The van der Waals surface area contributed by atoms with E-state index in [4.69, 9.17) is 0 Å². The van der Waals surface area contributed by atoms with Crippen molar-refractivity contribution in [2.24, 2.45) is 0 Å². The molecule has 0 aliphatic carbocycles. The molecule has 0 radical (unpaired) electrons. The lowest BCUT2D eigenvalue weighted by atomic mass is 10.0. The second kappa shape index (κ2) is 6.97. The van der Waals surface area contributed by atoms with Crippen LogP contribution in [0.3, 0.4) is 0 Å². The van der Waals surface area contributed by atoms with E-state index in [1.807, 2.05) is 0 Å². The van der Waals surface area contributed by atoms with Crippen molar-refractivity contribution in [1.82, 2.24) is 19.6 Å². The molecule has 3 heterocycles. The van der Waals surface area contributed by atoms with Gasteiger partial charge in [-0.1, -0.05) is 0 Å². The predicted molar refractivity (Wildman–Crippen MR) is 98.4 cm³/mol. The lowest BCUT2D eigenvalue weighted by Crippen LogP contribution is -2.44. The van der Waals surface area contributed by atoms with E-state index in [9.17, 15) is 18.4 Å². The summed E-state index contributed by atoms with van der Waals surface area (Å²) < 4.78 is 29.0. The van der Waals surface area contributed by atoms with E-state index in [0.717, 1.165) is 4.90 Å². The molecule has 1 unspecified atom stereocenters. The minimum Gasteiger partial charge on any atom is -0.307 e. The Bertz CT molecular complexity index is 958. The molecule has 2 aliphatic rings. The van der Waals surface area contributed by atoms with E-state index >= 15 is 0 Å². The van der Waals surface area contributed by atoms with Gasteiger partial charge in [0.15, 0.2) is 0 Å². The quantitative estimate of drug-likeness (QED) is 0.813. The molecule has 0 spiro atoms. The Labute approximate surface area is 160 Å². The molecule has 1 aromatic carbocycles. The second-order valence-electron chi connectivity index (χ2n) is 7.35. The van der Waals surface area contributed by atoms with Crippen LogP contribution in [-0.4, -0.2) is 57.8 Å². The Morgan fingerprint density at radius 2 is 2.11 bits per heavy atom. The number of urea groups is 1. The van der Waals surface area contributed by atoms with Crippen LogP contribution in [0.1, 0.15) is 27.3 Å². The molecule has 3 amide bonds.